The Bertz CT molecular complexity index is 389. The molecule has 1 aromatic carbocycles. The molecule has 86 valence electrons. The molecule has 0 amide bonds. The number of hydrogen-bond donors (Lipinski definition) is 1. The van der Waals surface area contributed by atoms with Gasteiger partial charge in [0.05, 0.1) is 0 Å². The normalized spacial score (nSPS) is 19.8. The Hall–Kier alpha value is -1.26. The lowest BCUT2D eigenvalue weighted by Crippen LogP contribution is -2.56. The molecule has 1 saturated heterocycles. The average Bonchev–Trinajstić information content (AvgIpc) is 2.69. The van der Waals surface area contributed by atoms with Gasteiger partial charge in [-0.05, 0) is 24.7 Å². The highest BCUT2D eigenvalue weighted by molar-refractivity contribution is 5.44. The minimum Gasteiger partial charge on any atom is -0.454 e. The molecule has 16 heavy (non-hydrogen) atoms. The summed E-state index contributed by atoms with van der Waals surface area (Å²) in [5, 5.41) is 3.27. The fourth-order valence-electron chi connectivity index (χ4n) is 2.18. The zero-order chi connectivity index (χ0) is 11.0. The van der Waals surface area contributed by atoms with Gasteiger partial charge in [-0.2, -0.15) is 0 Å². The molecular weight excluding hydrogens is 204 g/mol. The van der Waals surface area contributed by atoms with E-state index < -0.39 is 0 Å². The van der Waals surface area contributed by atoms with Crippen LogP contribution in [0.5, 0.6) is 11.5 Å². The second kappa shape index (κ2) is 3.96. The minimum absolute atomic E-state index is 0.352. The zero-order valence-electron chi connectivity index (χ0n) is 9.40. The molecule has 2 aliphatic heterocycles. The second-order valence-corrected chi connectivity index (χ2v) is 4.37. The molecule has 4 nitrogen and oxygen atoms in total. The fraction of sp³-hybridized carbons (Fsp3) is 0.500. The Morgan fingerprint density at radius 1 is 1.31 bits per heavy atom. The molecule has 3 rings (SSSR count). The molecule has 0 unspecified atom stereocenters. The summed E-state index contributed by atoms with van der Waals surface area (Å²) in [7, 11) is 2.02. The van der Waals surface area contributed by atoms with Crippen molar-refractivity contribution in [2.24, 2.45) is 0 Å². The summed E-state index contributed by atoms with van der Waals surface area (Å²) in [6.45, 7) is 3.61. The maximum atomic E-state index is 5.36. The monoisotopic (exact) mass is 220 g/mol. The topological polar surface area (TPSA) is 33.7 Å². The van der Waals surface area contributed by atoms with E-state index in [1.165, 1.54) is 5.56 Å². The van der Waals surface area contributed by atoms with Gasteiger partial charge in [0.15, 0.2) is 11.5 Å². The van der Waals surface area contributed by atoms with Crippen LogP contribution in [0.1, 0.15) is 5.56 Å². The van der Waals surface area contributed by atoms with Crippen molar-refractivity contribution in [1.82, 2.24) is 10.2 Å². The third kappa shape index (κ3) is 1.74. The third-order valence-electron chi connectivity index (χ3n) is 3.21. The minimum atomic E-state index is 0.352. The zero-order valence-corrected chi connectivity index (χ0v) is 9.40. The van der Waals surface area contributed by atoms with Gasteiger partial charge >= 0.3 is 0 Å². The lowest BCUT2D eigenvalue weighted by atomic mass is 10.1. The maximum Gasteiger partial charge on any atom is 0.231 e. The second-order valence-electron chi connectivity index (χ2n) is 4.37. The van der Waals surface area contributed by atoms with Crippen molar-refractivity contribution >= 4 is 0 Å². The SMILES string of the molecule is CNC1CN(Cc2ccc3c(c2)OCO3)C1. The summed E-state index contributed by atoms with van der Waals surface area (Å²) in [4.78, 5) is 2.42. The summed E-state index contributed by atoms with van der Waals surface area (Å²) >= 11 is 0. The van der Waals surface area contributed by atoms with Crippen LogP contribution in [-0.2, 0) is 6.54 Å². The van der Waals surface area contributed by atoms with Gasteiger partial charge in [0.25, 0.3) is 0 Å². The van der Waals surface area contributed by atoms with Gasteiger partial charge in [-0.1, -0.05) is 6.07 Å². The van der Waals surface area contributed by atoms with E-state index in [-0.39, 0.29) is 0 Å². The summed E-state index contributed by atoms with van der Waals surface area (Å²) < 4.78 is 10.6. The Labute approximate surface area is 95.1 Å². The quantitative estimate of drug-likeness (QED) is 0.817. The van der Waals surface area contributed by atoms with Crippen LogP contribution in [0.15, 0.2) is 18.2 Å². The van der Waals surface area contributed by atoms with E-state index in [1.807, 2.05) is 13.1 Å². The molecule has 1 aromatic rings. The van der Waals surface area contributed by atoms with E-state index in [0.717, 1.165) is 31.1 Å². The Kier molecular flexibility index (Phi) is 2.46. The van der Waals surface area contributed by atoms with Crippen LogP contribution in [-0.4, -0.2) is 37.9 Å². The molecule has 0 saturated carbocycles. The number of ether oxygens (including phenoxy) is 2. The summed E-state index contributed by atoms with van der Waals surface area (Å²) in [6, 6.07) is 6.84. The van der Waals surface area contributed by atoms with Gasteiger partial charge in [0.2, 0.25) is 6.79 Å². The van der Waals surface area contributed by atoms with Crippen molar-refractivity contribution in [2.75, 3.05) is 26.9 Å². The molecule has 4 heteroatoms. The molecule has 1 fully saturated rings. The van der Waals surface area contributed by atoms with Crippen LogP contribution in [0.4, 0.5) is 0 Å². The Morgan fingerprint density at radius 2 is 2.12 bits per heavy atom. The number of likely N-dealkylation sites (N-methyl/N-ethyl adjacent to an activating group) is 1. The summed E-state index contributed by atoms with van der Waals surface area (Å²) in [5.74, 6) is 1.74. The highest BCUT2D eigenvalue weighted by Crippen LogP contribution is 2.33. The lowest BCUT2D eigenvalue weighted by molar-refractivity contribution is 0.124. The number of nitrogens with zero attached hydrogens (tertiary/aromatic N) is 1. The van der Waals surface area contributed by atoms with Crippen LogP contribution >= 0.6 is 0 Å². The van der Waals surface area contributed by atoms with E-state index in [1.54, 1.807) is 0 Å². The maximum absolute atomic E-state index is 5.36. The number of rotatable bonds is 3. The molecule has 0 radical (unpaired) electrons. The van der Waals surface area contributed by atoms with Crippen LogP contribution in [0.3, 0.4) is 0 Å². The van der Waals surface area contributed by atoms with Gasteiger partial charge in [0, 0.05) is 25.7 Å². The highest BCUT2D eigenvalue weighted by atomic mass is 16.7. The summed E-state index contributed by atoms with van der Waals surface area (Å²) in [5.41, 5.74) is 1.29. The molecule has 0 aliphatic carbocycles. The first kappa shape index (κ1) is 9.93. The van der Waals surface area contributed by atoms with Crippen LogP contribution in [0, 0.1) is 0 Å². The first-order valence-electron chi connectivity index (χ1n) is 5.63. The highest BCUT2D eigenvalue weighted by Gasteiger charge is 2.25. The molecule has 0 atom stereocenters. The first-order valence-corrected chi connectivity index (χ1v) is 5.63. The van der Waals surface area contributed by atoms with Crippen molar-refractivity contribution < 1.29 is 9.47 Å². The smallest absolute Gasteiger partial charge is 0.231 e. The van der Waals surface area contributed by atoms with Crippen molar-refractivity contribution in [3.05, 3.63) is 23.8 Å². The third-order valence-corrected chi connectivity index (χ3v) is 3.21. The number of hydrogen-bond acceptors (Lipinski definition) is 4. The molecule has 1 N–H and O–H groups in total. The van der Waals surface area contributed by atoms with Gasteiger partial charge in [0.1, 0.15) is 0 Å². The van der Waals surface area contributed by atoms with Crippen molar-refractivity contribution in [2.45, 2.75) is 12.6 Å². The predicted octanol–water partition coefficient (Wildman–Crippen LogP) is 0.819. The van der Waals surface area contributed by atoms with Gasteiger partial charge < -0.3 is 14.8 Å². The van der Waals surface area contributed by atoms with E-state index in [2.05, 4.69) is 22.3 Å². The lowest BCUT2D eigenvalue weighted by Gasteiger charge is -2.39. The van der Waals surface area contributed by atoms with Gasteiger partial charge in [-0.15, -0.1) is 0 Å². The van der Waals surface area contributed by atoms with E-state index >= 15 is 0 Å². The number of likely N-dealkylation sites (tertiary alicyclic amines) is 1. The predicted molar refractivity (Wildman–Crippen MR) is 60.7 cm³/mol. The molecule has 2 heterocycles. The molecule has 0 spiro atoms. The number of nitrogens with one attached hydrogen (secondary N) is 1. The number of benzene rings is 1. The van der Waals surface area contributed by atoms with E-state index in [9.17, 15) is 0 Å². The average molecular weight is 220 g/mol. The molecular formula is C12H16N2O2. The molecule has 0 aromatic heterocycles. The van der Waals surface area contributed by atoms with Crippen molar-refractivity contribution in [3.63, 3.8) is 0 Å². The van der Waals surface area contributed by atoms with Crippen LogP contribution in [0.2, 0.25) is 0 Å². The standard InChI is InChI=1S/C12H16N2O2/c1-13-10-6-14(7-10)5-9-2-3-11-12(4-9)16-8-15-11/h2-4,10,13H,5-8H2,1H3. The van der Waals surface area contributed by atoms with Gasteiger partial charge in [-0.25, -0.2) is 0 Å². The van der Waals surface area contributed by atoms with E-state index in [4.69, 9.17) is 9.47 Å². The first-order chi connectivity index (χ1) is 7.85. The Morgan fingerprint density at radius 3 is 2.94 bits per heavy atom. The van der Waals surface area contributed by atoms with Gasteiger partial charge in [-0.3, -0.25) is 4.90 Å². The largest absolute Gasteiger partial charge is 0.454 e. The van der Waals surface area contributed by atoms with Crippen molar-refractivity contribution in [1.29, 1.82) is 0 Å². The molecule has 2 aliphatic rings. The van der Waals surface area contributed by atoms with Crippen LogP contribution < -0.4 is 14.8 Å². The van der Waals surface area contributed by atoms with Crippen molar-refractivity contribution in [3.8, 4) is 11.5 Å². The summed E-state index contributed by atoms with van der Waals surface area (Å²) in [6.07, 6.45) is 0. The van der Waals surface area contributed by atoms with Crippen LogP contribution in [0.25, 0.3) is 0 Å². The number of fused-ring (bicyclic) bond motifs is 1. The molecule has 0 bridgehead atoms. The fourth-order valence-corrected chi connectivity index (χ4v) is 2.18. The Balaban J connectivity index is 1.63. The van der Waals surface area contributed by atoms with E-state index in [0.29, 0.717) is 12.8 Å².